The fraction of sp³-hybridized carbons (Fsp3) is 1.00. The molecule has 0 aliphatic carbocycles. The maximum Gasteiger partial charge on any atom is 0.140 e. The third-order valence-corrected chi connectivity index (χ3v) is 2.79. The number of alkyl halides is 1. The number of hydrogen-bond donors (Lipinski definition) is 2. The normalized spacial score (nSPS) is 9.90. The molecule has 0 spiro atoms. The van der Waals surface area contributed by atoms with Crippen LogP contribution in [0.2, 0.25) is 0 Å². The first-order chi connectivity index (χ1) is 8.56. The van der Waals surface area contributed by atoms with Crippen LogP contribution in [-0.2, 0) is 0 Å². The molecule has 0 radical (unpaired) electrons. The monoisotopic (exact) mass is 314 g/mol. The van der Waals surface area contributed by atoms with Crippen LogP contribution >= 0.6 is 13.5 Å². The molecule has 0 aromatic carbocycles. The minimum Gasteiger partial charge on any atom is -0.329 e. The average Bonchev–Trinajstić information content (AvgIpc) is 2.34. The van der Waals surface area contributed by atoms with Crippen molar-refractivity contribution in [2.45, 2.75) is 81.7 Å². The van der Waals surface area contributed by atoms with Crippen LogP contribution in [0.4, 0.5) is 4.39 Å². The SMILES string of the molecule is CC.CC.CC(C)(CN)NCF.CC(C)C(C)(C)C.S. The van der Waals surface area contributed by atoms with Gasteiger partial charge in [-0.1, -0.05) is 62.3 Å². The quantitative estimate of drug-likeness (QED) is 0.712. The maximum atomic E-state index is 11.5. The van der Waals surface area contributed by atoms with E-state index in [0.717, 1.165) is 5.92 Å². The molecule has 3 N–H and O–H groups in total. The molecule has 0 bridgehead atoms. The van der Waals surface area contributed by atoms with Crippen LogP contribution < -0.4 is 11.1 Å². The molecule has 0 unspecified atom stereocenters. The second-order valence-electron chi connectivity index (χ2n) is 5.92. The first kappa shape index (κ1) is 32.2. The summed E-state index contributed by atoms with van der Waals surface area (Å²) in [4.78, 5) is 0. The number of nitrogens with one attached hydrogen (secondary N) is 1. The molecule has 0 aliphatic rings. The van der Waals surface area contributed by atoms with Crippen LogP contribution in [0.3, 0.4) is 0 Å². The summed E-state index contributed by atoms with van der Waals surface area (Å²) in [5.74, 6) is 0.799. The molecule has 0 rings (SSSR count). The largest absolute Gasteiger partial charge is 0.329 e. The lowest BCUT2D eigenvalue weighted by molar-refractivity contribution is 0.283. The van der Waals surface area contributed by atoms with Crippen molar-refractivity contribution in [3.63, 3.8) is 0 Å². The Kier molecular flexibility index (Phi) is 30.9. The van der Waals surface area contributed by atoms with Crippen molar-refractivity contribution >= 4 is 13.5 Å². The fourth-order valence-electron chi connectivity index (χ4n) is 0.253. The van der Waals surface area contributed by atoms with Gasteiger partial charge in [0, 0.05) is 12.1 Å². The topological polar surface area (TPSA) is 38.0 Å². The van der Waals surface area contributed by atoms with Gasteiger partial charge in [0.25, 0.3) is 0 Å². The van der Waals surface area contributed by atoms with Gasteiger partial charge in [0.2, 0.25) is 0 Å². The molecule has 0 fully saturated rings. The predicted molar refractivity (Wildman–Crippen MR) is 99.6 cm³/mol. The Hall–Kier alpha value is 0.200. The summed E-state index contributed by atoms with van der Waals surface area (Å²) in [5.41, 5.74) is 5.51. The lowest BCUT2D eigenvalue weighted by Crippen LogP contribution is -2.45. The van der Waals surface area contributed by atoms with E-state index in [4.69, 9.17) is 5.73 Å². The molecule has 0 saturated carbocycles. The van der Waals surface area contributed by atoms with E-state index in [1.807, 2.05) is 41.5 Å². The predicted octanol–water partition coefficient (Wildman–Crippen LogP) is 5.09. The highest BCUT2D eigenvalue weighted by molar-refractivity contribution is 7.59. The number of halogens is 1. The van der Waals surface area contributed by atoms with Crippen molar-refractivity contribution in [3.8, 4) is 0 Å². The summed E-state index contributed by atoms with van der Waals surface area (Å²) in [6, 6.07) is 0. The van der Waals surface area contributed by atoms with Crippen LogP contribution in [0, 0.1) is 11.3 Å². The van der Waals surface area contributed by atoms with E-state index in [1.54, 1.807) is 0 Å². The molecule has 2 nitrogen and oxygen atoms in total. The second-order valence-corrected chi connectivity index (χ2v) is 5.92. The van der Waals surface area contributed by atoms with Gasteiger partial charge in [-0.05, 0) is 25.2 Å². The summed E-state index contributed by atoms with van der Waals surface area (Å²) in [7, 11) is 0. The van der Waals surface area contributed by atoms with E-state index in [1.165, 1.54) is 0 Å². The second kappa shape index (κ2) is 19.2. The van der Waals surface area contributed by atoms with E-state index < -0.39 is 6.80 Å². The Balaban J connectivity index is -0.0000000578. The van der Waals surface area contributed by atoms with E-state index in [2.05, 4.69) is 39.9 Å². The summed E-state index contributed by atoms with van der Waals surface area (Å²) in [6.07, 6.45) is 0. The van der Waals surface area contributed by atoms with Crippen LogP contribution in [0.15, 0.2) is 0 Å². The van der Waals surface area contributed by atoms with Gasteiger partial charge >= 0.3 is 0 Å². The van der Waals surface area contributed by atoms with Gasteiger partial charge in [0.15, 0.2) is 0 Å². The van der Waals surface area contributed by atoms with Crippen molar-refractivity contribution in [2.75, 3.05) is 13.3 Å². The van der Waals surface area contributed by atoms with E-state index in [0.29, 0.717) is 12.0 Å². The molecule has 0 aliphatic heterocycles. The molecular weight excluding hydrogens is 271 g/mol. The summed E-state index contributed by atoms with van der Waals surface area (Å²) >= 11 is 0. The molecule has 0 aromatic heterocycles. The molecule has 130 valence electrons. The first-order valence-electron chi connectivity index (χ1n) is 7.58. The third-order valence-electron chi connectivity index (χ3n) is 2.79. The van der Waals surface area contributed by atoms with Gasteiger partial charge < -0.3 is 5.73 Å². The van der Waals surface area contributed by atoms with Crippen molar-refractivity contribution in [3.05, 3.63) is 0 Å². The number of nitrogens with two attached hydrogens (primary N) is 1. The van der Waals surface area contributed by atoms with Crippen LogP contribution in [0.25, 0.3) is 0 Å². The minimum absolute atomic E-state index is 0. The van der Waals surface area contributed by atoms with E-state index >= 15 is 0 Å². The van der Waals surface area contributed by atoms with Crippen LogP contribution in [-0.4, -0.2) is 18.9 Å². The molecule has 0 aromatic rings. The number of rotatable bonds is 3. The molecular formula is C16H43FN2S. The van der Waals surface area contributed by atoms with Gasteiger partial charge in [-0.2, -0.15) is 13.5 Å². The Morgan fingerprint density at radius 1 is 0.950 bits per heavy atom. The van der Waals surface area contributed by atoms with Gasteiger partial charge in [0.05, 0.1) is 0 Å². The average molecular weight is 315 g/mol. The lowest BCUT2D eigenvalue weighted by atomic mass is 9.84. The van der Waals surface area contributed by atoms with Crippen LogP contribution in [0.5, 0.6) is 0 Å². The highest BCUT2D eigenvalue weighted by Gasteiger charge is 2.13. The molecule has 0 amide bonds. The maximum absolute atomic E-state index is 11.5. The Labute approximate surface area is 135 Å². The molecule has 4 heteroatoms. The van der Waals surface area contributed by atoms with Crippen molar-refractivity contribution in [2.24, 2.45) is 17.1 Å². The fourth-order valence-corrected chi connectivity index (χ4v) is 0.253. The van der Waals surface area contributed by atoms with Crippen molar-refractivity contribution < 1.29 is 4.39 Å². The van der Waals surface area contributed by atoms with Gasteiger partial charge in [0.1, 0.15) is 6.80 Å². The zero-order valence-corrected chi connectivity index (χ0v) is 16.9. The highest BCUT2D eigenvalue weighted by atomic mass is 32.1. The van der Waals surface area contributed by atoms with Crippen molar-refractivity contribution in [1.82, 2.24) is 5.32 Å². The number of hydrogen-bond acceptors (Lipinski definition) is 2. The van der Waals surface area contributed by atoms with Gasteiger partial charge in [-0.25, -0.2) is 4.39 Å². The molecule has 0 saturated heterocycles. The van der Waals surface area contributed by atoms with Crippen molar-refractivity contribution in [1.29, 1.82) is 0 Å². The highest BCUT2D eigenvalue weighted by Crippen LogP contribution is 2.23. The third kappa shape index (κ3) is 30.9. The Morgan fingerprint density at radius 2 is 1.20 bits per heavy atom. The Bertz CT molecular complexity index is 155. The smallest absolute Gasteiger partial charge is 0.140 e. The molecule has 0 atom stereocenters. The lowest BCUT2D eigenvalue weighted by Gasteiger charge is -2.22. The van der Waals surface area contributed by atoms with E-state index in [9.17, 15) is 4.39 Å². The molecule has 20 heavy (non-hydrogen) atoms. The summed E-state index contributed by atoms with van der Waals surface area (Å²) < 4.78 is 11.5. The van der Waals surface area contributed by atoms with Gasteiger partial charge in [-0.3, -0.25) is 5.32 Å². The standard InChI is InChI=1S/C7H16.C5H13FN2.2C2H6.H2S/c1-6(2)7(3,4)5;1-5(2,3-7)8-4-6;2*1-2;/h6H,1-5H3;8H,3-4,7H2,1-2H3;2*1-2H3;1H2. The first-order valence-corrected chi connectivity index (χ1v) is 7.58. The molecule has 0 heterocycles. The summed E-state index contributed by atoms with van der Waals surface area (Å²) in [6.45, 7) is 22.9. The zero-order chi connectivity index (χ0) is 16.7. The van der Waals surface area contributed by atoms with E-state index in [-0.39, 0.29) is 19.0 Å². The zero-order valence-electron chi connectivity index (χ0n) is 15.9. The Morgan fingerprint density at radius 3 is 1.25 bits per heavy atom. The van der Waals surface area contributed by atoms with Crippen LogP contribution in [0.1, 0.15) is 76.2 Å². The van der Waals surface area contributed by atoms with Gasteiger partial charge in [-0.15, -0.1) is 0 Å². The minimum atomic E-state index is -0.510. The summed E-state index contributed by atoms with van der Waals surface area (Å²) in [5, 5.41) is 2.58.